The summed E-state index contributed by atoms with van der Waals surface area (Å²) in [7, 11) is 1.77. The number of benzene rings is 2. The summed E-state index contributed by atoms with van der Waals surface area (Å²) in [6, 6.07) is 17.4. The zero-order valence-corrected chi connectivity index (χ0v) is 19.4. The molecule has 0 bridgehead atoms. The number of aryl methyl sites for hydroxylation is 1. The van der Waals surface area contributed by atoms with Gasteiger partial charge < -0.3 is 15.1 Å². The lowest BCUT2D eigenvalue weighted by molar-refractivity contribution is 0.0785. The Balaban J connectivity index is 1.35. The molecule has 8 heteroatoms. The van der Waals surface area contributed by atoms with E-state index in [9.17, 15) is 4.79 Å². The Labute approximate surface area is 196 Å². The van der Waals surface area contributed by atoms with Crippen molar-refractivity contribution in [1.82, 2.24) is 20.1 Å². The van der Waals surface area contributed by atoms with E-state index in [2.05, 4.69) is 27.3 Å². The molecule has 0 unspecified atom stereocenters. The van der Waals surface area contributed by atoms with Crippen molar-refractivity contribution in [3.8, 4) is 11.5 Å². The summed E-state index contributed by atoms with van der Waals surface area (Å²) in [5, 5.41) is 11.4. The average Bonchev–Trinajstić information content (AvgIpc) is 3.47. The number of hydrogen-bond donors (Lipinski definition) is 1. The molecule has 2 aromatic heterocycles. The van der Waals surface area contributed by atoms with Crippen LogP contribution in [0.5, 0.6) is 0 Å². The van der Waals surface area contributed by atoms with Gasteiger partial charge in [-0.25, -0.2) is 4.98 Å². The fraction of sp³-hybridized carbons (Fsp3) is 0.280. The molecule has 1 aliphatic rings. The first-order valence-corrected chi connectivity index (χ1v) is 11.8. The predicted molar refractivity (Wildman–Crippen MR) is 127 cm³/mol. The fourth-order valence-corrected chi connectivity index (χ4v) is 5.11. The summed E-state index contributed by atoms with van der Waals surface area (Å²) in [4.78, 5) is 19.1. The number of carbonyl (C=O) groups is 1. The number of thiazole rings is 1. The maximum Gasteiger partial charge on any atom is 0.253 e. The standard InChI is InChI=1S/C25H25N5O2S/c1-16-15-33-21(27-16)14-30(2)23(31)19-10-6-9-18(13-19)22-28-29-24(32-22)25(26)12-11-20(25)17-7-4-3-5-8-17/h3-10,13,15,20H,11-12,14,26H2,1-2H3/t20-,25-/m1/s1. The van der Waals surface area contributed by atoms with E-state index in [0.29, 0.717) is 29.5 Å². The number of aromatic nitrogens is 3. The maximum atomic E-state index is 13.0. The van der Waals surface area contributed by atoms with E-state index in [4.69, 9.17) is 10.2 Å². The van der Waals surface area contributed by atoms with Crippen molar-refractivity contribution in [2.45, 2.75) is 37.8 Å². The smallest absolute Gasteiger partial charge is 0.253 e. The third-order valence-corrected chi connectivity index (χ3v) is 7.19. The molecule has 0 aliphatic heterocycles. The third kappa shape index (κ3) is 4.07. The normalized spacial score (nSPS) is 19.8. The molecular weight excluding hydrogens is 434 g/mol. The Hall–Kier alpha value is -3.36. The van der Waals surface area contributed by atoms with Gasteiger partial charge in [0.15, 0.2) is 0 Å². The van der Waals surface area contributed by atoms with Crippen LogP contribution in [0.15, 0.2) is 64.4 Å². The van der Waals surface area contributed by atoms with Gasteiger partial charge in [-0.3, -0.25) is 4.79 Å². The van der Waals surface area contributed by atoms with Gasteiger partial charge in [0.2, 0.25) is 11.8 Å². The molecule has 0 radical (unpaired) electrons. The SMILES string of the molecule is Cc1csc(CN(C)C(=O)c2cccc(-c3nnc([C@@]4(N)CC[C@@H]4c4ccccc4)o3)c2)n1. The quantitative estimate of drug-likeness (QED) is 0.456. The number of hydrogen-bond acceptors (Lipinski definition) is 7. The van der Waals surface area contributed by atoms with Crippen LogP contribution in [-0.4, -0.2) is 33.0 Å². The van der Waals surface area contributed by atoms with Gasteiger partial charge in [0.05, 0.1) is 6.54 Å². The van der Waals surface area contributed by atoms with E-state index in [0.717, 1.165) is 23.5 Å². The van der Waals surface area contributed by atoms with Gasteiger partial charge in [-0.1, -0.05) is 36.4 Å². The molecule has 2 N–H and O–H groups in total. The lowest BCUT2D eigenvalue weighted by Gasteiger charge is -2.44. The molecule has 2 atom stereocenters. The van der Waals surface area contributed by atoms with Crippen molar-refractivity contribution in [2.24, 2.45) is 5.73 Å². The Morgan fingerprint density at radius 1 is 1.21 bits per heavy atom. The van der Waals surface area contributed by atoms with E-state index in [1.165, 1.54) is 5.56 Å². The van der Waals surface area contributed by atoms with Crippen LogP contribution in [0.2, 0.25) is 0 Å². The van der Waals surface area contributed by atoms with Gasteiger partial charge in [0.25, 0.3) is 5.91 Å². The first-order valence-electron chi connectivity index (χ1n) is 10.9. The van der Waals surface area contributed by atoms with Gasteiger partial charge in [-0.05, 0) is 43.5 Å². The zero-order valence-electron chi connectivity index (χ0n) is 18.6. The molecule has 4 aromatic rings. The Morgan fingerprint density at radius 2 is 2.03 bits per heavy atom. The van der Waals surface area contributed by atoms with Crippen molar-refractivity contribution in [2.75, 3.05) is 7.05 Å². The summed E-state index contributed by atoms with van der Waals surface area (Å²) >= 11 is 1.55. The molecule has 7 nitrogen and oxygen atoms in total. The van der Waals surface area contributed by atoms with Crippen LogP contribution in [-0.2, 0) is 12.1 Å². The molecule has 0 saturated heterocycles. The van der Waals surface area contributed by atoms with Crippen molar-refractivity contribution in [3.05, 3.63) is 87.7 Å². The molecule has 33 heavy (non-hydrogen) atoms. The van der Waals surface area contributed by atoms with E-state index < -0.39 is 5.54 Å². The molecule has 168 valence electrons. The van der Waals surface area contributed by atoms with Crippen LogP contribution in [0.4, 0.5) is 0 Å². The van der Waals surface area contributed by atoms with E-state index >= 15 is 0 Å². The van der Waals surface area contributed by atoms with Crippen LogP contribution in [0.1, 0.15) is 51.3 Å². The van der Waals surface area contributed by atoms with E-state index in [-0.39, 0.29) is 11.8 Å². The van der Waals surface area contributed by atoms with Gasteiger partial charge in [-0.2, -0.15) is 0 Å². The number of carbonyl (C=O) groups excluding carboxylic acids is 1. The number of nitrogens with zero attached hydrogens (tertiary/aromatic N) is 4. The van der Waals surface area contributed by atoms with Crippen molar-refractivity contribution >= 4 is 17.2 Å². The monoisotopic (exact) mass is 459 g/mol. The minimum absolute atomic E-state index is 0.0946. The third-order valence-electron chi connectivity index (χ3n) is 6.24. The van der Waals surface area contributed by atoms with Crippen molar-refractivity contribution < 1.29 is 9.21 Å². The topological polar surface area (TPSA) is 98.1 Å². The van der Waals surface area contributed by atoms with Gasteiger partial charge in [0, 0.05) is 35.2 Å². The molecule has 1 fully saturated rings. The van der Waals surface area contributed by atoms with Gasteiger partial charge in [0.1, 0.15) is 10.5 Å². The first-order chi connectivity index (χ1) is 15.9. The summed E-state index contributed by atoms with van der Waals surface area (Å²) in [5.74, 6) is 0.845. The molecule has 0 spiro atoms. The summed E-state index contributed by atoms with van der Waals surface area (Å²) in [6.07, 6.45) is 1.76. The Kier molecular flexibility index (Phi) is 5.55. The lowest BCUT2D eigenvalue weighted by atomic mass is 9.64. The van der Waals surface area contributed by atoms with Gasteiger partial charge in [-0.15, -0.1) is 21.5 Å². The molecular formula is C25H25N5O2S. The minimum atomic E-state index is -0.675. The summed E-state index contributed by atoms with van der Waals surface area (Å²) in [5.41, 5.74) is 9.43. The highest BCUT2D eigenvalue weighted by Gasteiger charge is 2.49. The van der Waals surface area contributed by atoms with Crippen LogP contribution >= 0.6 is 11.3 Å². The first kappa shape index (κ1) is 21.5. The van der Waals surface area contributed by atoms with Crippen molar-refractivity contribution in [3.63, 3.8) is 0 Å². The van der Waals surface area contributed by atoms with Crippen LogP contribution in [0.3, 0.4) is 0 Å². The number of amides is 1. The van der Waals surface area contributed by atoms with Crippen LogP contribution in [0.25, 0.3) is 11.5 Å². The van der Waals surface area contributed by atoms with Gasteiger partial charge >= 0.3 is 0 Å². The number of nitrogens with two attached hydrogens (primary N) is 1. The fourth-order valence-electron chi connectivity index (χ4n) is 4.29. The molecule has 1 saturated carbocycles. The molecule has 2 heterocycles. The Morgan fingerprint density at radius 3 is 2.73 bits per heavy atom. The van der Waals surface area contributed by atoms with Crippen molar-refractivity contribution in [1.29, 1.82) is 0 Å². The van der Waals surface area contributed by atoms with E-state index in [1.54, 1.807) is 35.4 Å². The maximum absolute atomic E-state index is 13.0. The largest absolute Gasteiger partial charge is 0.419 e. The summed E-state index contributed by atoms with van der Waals surface area (Å²) in [6.45, 7) is 2.41. The molecule has 5 rings (SSSR count). The molecule has 1 aliphatic carbocycles. The lowest BCUT2D eigenvalue weighted by Crippen LogP contribution is -2.50. The van der Waals surface area contributed by atoms with Crippen LogP contribution < -0.4 is 5.73 Å². The minimum Gasteiger partial charge on any atom is -0.419 e. The predicted octanol–water partition coefficient (Wildman–Crippen LogP) is 4.51. The number of rotatable bonds is 6. The highest BCUT2D eigenvalue weighted by molar-refractivity contribution is 7.09. The highest BCUT2D eigenvalue weighted by Crippen LogP contribution is 2.50. The highest BCUT2D eigenvalue weighted by atomic mass is 32.1. The zero-order chi connectivity index (χ0) is 23.0. The average molecular weight is 460 g/mol. The summed E-state index contributed by atoms with van der Waals surface area (Å²) < 4.78 is 6.04. The van der Waals surface area contributed by atoms with E-state index in [1.807, 2.05) is 42.6 Å². The van der Waals surface area contributed by atoms with Crippen LogP contribution in [0, 0.1) is 6.92 Å². The second-order valence-corrected chi connectivity index (χ2v) is 9.52. The second-order valence-electron chi connectivity index (χ2n) is 8.58. The molecule has 1 amide bonds. The molecule has 2 aromatic carbocycles. The second kappa shape index (κ2) is 8.53. The Bertz CT molecular complexity index is 1280.